The van der Waals surface area contributed by atoms with E-state index in [1.54, 1.807) is 18.2 Å². The van der Waals surface area contributed by atoms with Crippen LogP contribution < -0.4 is 10.1 Å². The number of nitrogens with one attached hydrogen (secondary N) is 1. The molecule has 2 N–H and O–H groups in total. The molecule has 5 nitrogen and oxygen atoms in total. The number of likely N-dealkylation sites (N-methyl/N-ethyl adjacent to an activating group) is 1. The number of hydrogen-bond donors (Lipinski definition) is 2. The van der Waals surface area contributed by atoms with Crippen LogP contribution in [-0.2, 0) is 4.79 Å². The number of ether oxygens (including phenoxy) is 1. The van der Waals surface area contributed by atoms with E-state index in [0.29, 0.717) is 12.3 Å². The Morgan fingerprint density at radius 1 is 1.33 bits per heavy atom. The molecule has 0 saturated carbocycles. The number of benzene rings is 1. The molecule has 0 radical (unpaired) electrons. The Balaban J connectivity index is 1.65. The minimum Gasteiger partial charge on any atom is -0.508 e. The number of piperidine rings is 1. The number of aromatic hydroxyl groups is 1. The fourth-order valence-corrected chi connectivity index (χ4v) is 2.74. The highest BCUT2D eigenvalue weighted by atomic mass is 16.5. The maximum absolute atomic E-state index is 11.7. The number of carbonyl (C=O) groups is 1. The van der Waals surface area contributed by atoms with Gasteiger partial charge in [-0.25, -0.2) is 0 Å². The minimum atomic E-state index is -0.123. The first-order chi connectivity index (χ1) is 10.1. The van der Waals surface area contributed by atoms with Crippen molar-refractivity contribution in [3.05, 3.63) is 24.3 Å². The third-order valence-corrected chi connectivity index (χ3v) is 4.06. The lowest BCUT2D eigenvalue weighted by atomic mass is 10.1. The van der Waals surface area contributed by atoms with E-state index in [0.717, 1.165) is 11.0 Å². The lowest BCUT2D eigenvalue weighted by Crippen LogP contribution is -2.51. The molecule has 0 spiro atoms. The largest absolute Gasteiger partial charge is 0.508 e. The summed E-state index contributed by atoms with van der Waals surface area (Å²) >= 11 is 0. The Morgan fingerprint density at radius 3 is 2.81 bits per heavy atom. The predicted octanol–water partition coefficient (Wildman–Crippen LogP) is 1.52. The van der Waals surface area contributed by atoms with Gasteiger partial charge < -0.3 is 19.6 Å². The van der Waals surface area contributed by atoms with Gasteiger partial charge in [0.15, 0.2) is 6.61 Å². The summed E-state index contributed by atoms with van der Waals surface area (Å²) in [4.78, 5) is 11.7. The summed E-state index contributed by atoms with van der Waals surface area (Å²) in [5, 5.41) is 12.2. The molecule has 0 aromatic heterocycles. The molecule has 1 aliphatic heterocycles. The number of phenolic OH excluding ortho intramolecular Hbond substituents is 1. The van der Waals surface area contributed by atoms with Gasteiger partial charge in [-0.2, -0.15) is 0 Å². The first-order valence-electron chi connectivity index (χ1n) is 7.59. The van der Waals surface area contributed by atoms with Crippen molar-refractivity contribution in [2.45, 2.75) is 19.3 Å². The molecule has 1 saturated heterocycles. The molecule has 0 aliphatic carbocycles. The molecule has 1 aromatic rings. The van der Waals surface area contributed by atoms with Crippen molar-refractivity contribution < 1.29 is 19.1 Å². The topological polar surface area (TPSA) is 58.6 Å². The van der Waals surface area contributed by atoms with Gasteiger partial charge in [-0.3, -0.25) is 4.79 Å². The average molecular weight is 293 g/mol. The van der Waals surface area contributed by atoms with E-state index in [1.807, 2.05) is 0 Å². The molecule has 1 aliphatic rings. The molecule has 1 fully saturated rings. The van der Waals surface area contributed by atoms with Gasteiger partial charge in [-0.05, 0) is 31.4 Å². The van der Waals surface area contributed by atoms with Crippen LogP contribution in [0.3, 0.4) is 0 Å². The Bertz CT molecular complexity index is 470. The van der Waals surface area contributed by atoms with Crippen LogP contribution >= 0.6 is 0 Å². The maximum Gasteiger partial charge on any atom is 0.258 e. The van der Waals surface area contributed by atoms with Crippen LogP contribution in [0.15, 0.2) is 24.3 Å². The summed E-state index contributed by atoms with van der Waals surface area (Å²) < 4.78 is 6.39. The fraction of sp³-hybridized carbons (Fsp3) is 0.562. The highest BCUT2D eigenvalue weighted by Crippen LogP contribution is 2.17. The first kappa shape index (κ1) is 15.6. The van der Waals surface area contributed by atoms with Gasteiger partial charge in [0.2, 0.25) is 0 Å². The van der Waals surface area contributed by atoms with Crippen molar-refractivity contribution in [2.75, 3.05) is 39.8 Å². The van der Waals surface area contributed by atoms with Crippen molar-refractivity contribution in [1.29, 1.82) is 0 Å². The third kappa shape index (κ3) is 5.27. The monoisotopic (exact) mass is 293 g/mol. The number of rotatable bonds is 6. The van der Waals surface area contributed by atoms with E-state index in [9.17, 15) is 9.90 Å². The van der Waals surface area contributed by atoms with Crippen LogP contribution in [0.25, 0.3) is 0 Å². The highest BCUT2D eigenvalue weighted by molar-refractivity contribution is 5.77. The van der Waals surface area contributed by atoms with E-state index in [4.69, 9.17) is 4.74 Å². The number of phenols is 1. The summed E-state index contributed by atoms with van der Waals surface area (Å²) in [6.45, 7) is 4.04. The summed E-state index contributed by atoms with van der Waals surface area (Å²) in [7, 11) is 2.26. The first-order valence-corrected chi connectivity index (χ1v) is 7.59. The van der Waals surface area contributed by atoms with Crippen molar-refractivity contribution in [3.8, 4) is 11.5 Å². The van der Waals surface area contributed by atoms with Crippen LogP contribution in [0.5, 0.6) is 11.5 Å². The molecule has 2 rings (SSSR count). The van der Waals surface area contributed by atoms with Gasteiger partial charge in [0.05, 0.1) is 33.2 Å². The van der Waals surface area contributed by atoms with Crippen molar-refractivity contribution in [1.82, 2.24) is 5.32 Å². The van der Waals surface area contributed by atoms with Crippen LogP contribution in [0.4, 0.5) is 0 Å². The highest BCUT2D eigenvalue weighted by Gasteiger charge is 2.24. The zero-order valence-corrected chi connectivity index (χ0v) is 12.7. The number of hydrogen-bond acceptors (Lipinski definition) is 3. The summed E-state index contributed by atoms with van der Waals surface area (Å²) in [5.41, 5.74) is 0. The standard InChI is InChI=1S/C16H24N2O3/c1-18(9-3-2-4-10-18)11-8-17-16(20)13-21-15-7-5-6-14(19)12-15/h5-7,12H,2-4,8-11,13H2,1H3,(H-,17,19,20)/p+1. The second-order valence-electron chi connectivity index (χ2n) is 5.99. The molecule has 1 amide bonds. The Kier molecular flexibility index (Phi) is 5.44. The van der Waals surface area contributed by atoms with E-state index < -0.39 is 0 Å². The van der Waals surface area contributed by atoms with Gasteiger partial charge in [0.25, 0.3) is 5.91 Å². The van der Waals surface area contributed by atoms with E-state index in [2.05, 4.69) is 12.4 Å². The quantitative estimate of drug-likeness (QED) is 0.782. The van der Waals surface area contributed by atoms with E-state index in [1.165, 1.54) is 38.4 Å². The normalized spacial score (nSPS) is 17.2. The lowest BCUT2D eigenvalue weighted by molar-refractivity contribution is -0.912. The van der Waals surface area contributed by atoms with Crippen LogP contribution in [0.1, 0.15) is 19.3 Å². The second kappa shape index (κ2) is 7.31. The minimum absolute atomic E-state index is 0.0207. The fourth-order valence-electron chi connectivity index (χ4n) is 2.74. The molecule has 1 aromatic carbocycles. The Labute approximate surface area is 126 Å². The molecule has 21 heavy (non-hydrogen) atoms. The van der Waals surface area contributed by atoms with Gasteiger partial charge in [0.1, 0.15) is 11.5 Å². The van der Waals surface area contributed by atoms with Gasteiger partial charge in [-0.15, -0.1) is 0 Å². The molecule has 0 atom stereocenters. The maximum atomic E-state index is 11.7. The number of carbonyl (C=O) groups excluding carboxylic acids is 1. The van der Waals surface area contributed by atoms with Crippen LogP contribution in [0, 0.1) is 0 Å². The zero-order chi connectivity index (χ0) is 15.1. The third-order valence-electron chi connectivity index (χ3n) is 4.06. The summed E-state index contributed by atoms with van der Waals surface area (Å²) in [6, 6.07) is 6.46. The number of likely N-dealkylation sites (tertiary alicyclic amines) is 1. The molecule has 1 heterocycles. The van der Waals surface area contributed by atoms with E-state index in [-0.39, 0.29) is 18.3 Å². The van der Waals surface area contributed by atoms with Crippen LogP contribution in [0.2, 0.25) is 0 Å². The lowest BCUT2D eigenvalue weighted by Gasteiger charge is -2.37. The molecule has 5 heteroatoms. The smallest absolute Gasteiger partial charge is 0.258 e. The molecular weight excluding hydrogens is 268 g/mol. The molecular formula is C16H25N2O3+. The predicted molar refractivity (Wildman–Crippen MR) is 81.2 cm³/mol. The van der Waals surface area contributed by atoms with Gasteiger partial charge >= 0.3 is 0 Å². The summed E-state index contributed by atoms with van der Waals surface area (Å²) in [5.74, 6) is 0.512. The zero-order valence-electron chi connectivity index (χ0n) is 12.7. The van der Waals surface area contributed by atoms with Crippen molar-refractivity contribution in [2.24, 2.45) is 0 Å². The Morgan fingerprint density at radius 2 is 2.10 bits per heavy atom. The van der Waals surface area contributed by atoms with Crippen LogP contribution in [-0.4, -0.2) is 55.3 Å². The molecule has 0 bridgehead atoms. The van der Waals surface area contributed by atoms with Gasteiger partial charge in [-0.1, -0.05) is 6.07 Å². The average Bonchev–Trinajstić information content (AvgIpc) is 2.46. The van der Waals surface area contributed by atoms with Crippen molar-refractivity contribution in [3.63, 3.8) is 0 Å². The number of amides is 1. The number of nitrogens with zero attached hydrogens (tertiary/aromatic N) is 1. The Hall–Kier alpha value is -1.75. The van der Waals surface area contributed by atoms with Crippen molar-refractivity contribution >= 4 is 5.91 Å². The SMILES string of the molecule is C[N+]1(CCNC(=O)COc2cccc(O)c2)CCCCC1. The molecule has 0 unspecified atom stereocenters. The second-order valence-corrected chi connectivity index (χ2v) is 5.99. The molecule has 116 valence electrons. The number of quaternary nitrogens is 1. The van der Waals surface area contributed by atoms with Gasteiger partial charge in [0, 0.05) is 6.07 Å². The summed E-state index contributed by atoms with van der Waals surface area (Å²) in [6.07, 6.45) is 3.90. The van der Waals surface area contributed by atoms with E-state index >= 15 is 0 Å².